The summed E-state index contributed by atoms with van der Waals surface area (Å²) in [5, 5.41) is 2.63. The van der Waals surface area contributed by atoms with Crippen molar-refractivity contribution in [3.05, 3.63) is 12.2 Å². The second-order valence-corrected chi connectivity index (χ2v) is 7.42. The molecule has 0 heterocycles. The minimum Gasteiger partial charge on any atom is -0.464 e. The molecular weight excluding hydrogens is 286 g/mol. The molecule has 0 aromatic rings. The topological polar surface area (TPSA) is 55.4 Å². The third-order valence-electron chi connectivity index (χ3n) is 2.58. The standard InChI is InChI=1S/C16H29NO3S/c1-6-21-12-14(17-13(2)18)15(19)20-11-9-7-8-10-16(3,4)5/h7-8,14H,6,9-12H2,1-5H3,(H,17,18)/b8-7-/t14-/m1/s1. The van der Waals surface area contributed by atoms with E-state index in [-0.39, 0.29) is 17.3 Å². The van der Waals surface area contributed by atoms with E-state index in [4.69, 9.17) is 4.74 Å². The molecule has 0 aromatic carbocycles. The van der Waals surface area contributed by atoms with E-state index < -0.39 is 6.04 Å². The molecule has 4 nitrogen and oxygen atoms in total. The lowest BCUT2D eigenvalue weighted by atomic mass is 9.92. The molecule has 0 rings (SSSR count). The van der Waals surface area contributed by atoms with Crippen LogP contribution in [0.2, 0.25) is 0 Å². The van der Waals surface area contributed by atoms with E-state index in [2.05, 4.69) is 32.2 Å². The van der Waals surface area contributed by atoms with Crippen LogP contribution in [0, 0.1) is 5.41 Å². The lowest BCUT2D eigenvalue weighted by Gasteiger charge is -2.16. The normalized spacial score (nSPS) is 13.2. The number of hydrogen-bond donors (Lipinski definition) is 1. The molecule has 0 fully saturated rings. The average molecular weight is 315 g/mol. The van der Waals surface area contributed by atoms with Crippen LogP contribution in [0.3, 0.4) is 0 Å². The van der Waals surface area contributed by atoms with Crippen LogP contribution in [0.5, 0.6) is 0 Å². The van der Waals surface area contributed by atoms with Crippen molar-refractivity contribution in [1.29, 1.82) is 0 Å². The zero-order valence-corrected chi connectivity index (χ0v) is 14.7. The van der Waals surface area contributed by atoms with Gasteiger partial charge in [-0.1, -0.05) is 39.8 Å². The number of hydrogen-bond acceptors (Lipinski definition) is 4. The van der Waals surface area contributed by atoms with Gasteiger partial charge in [0.05, 0.1) is 6.61 Å². The number of amides is 1. The van der Waals surface area contributed by atoms with Gasteiger partial charge in [-0.3, -0.25) is 4.79 Å². The van der Waals surface area contributed by atoms with E-state index in [0.29, 0.717) is 18.8 Å². The molecule has 5 heteroatoms. The van der Waals surface area contributed by atoms with E-state index in [1.807, 2.05) is 13.0 Å². The smallest absolute Gasteiger partial charge is 0.329 e. The lowest BCUT2D eigenvalue weighted by Crippen LogP contribution is -2.42. The molecule has 0 bridgehead atoms. The van der Waals surface area contributed by atoms with Gasteiger partial charge < -0.3 is 10.1 Å². The van der Waals surface area contributed by atoms with Crippen molar-refractivity contribution < 1.29 is 14.3 Å². The maximum atomic E-state index is 11.9. The van der Waals surface area contributed by atoms with Gasteiger partial charge in [-0.15, -0.1) is 0 Å². The van der Waals surface area contributed by atoms with E-state index in [0.717, 1.165) is 12.2 Å². The predicted molar refractivity (Wildman–Crippen MR) is 89.4 cm³/mol. The summed E-state index contributed by atoms with van der Waals surface area (Å²) >= 11 is 1.61. The summed E-state index contributed by atoms with van der Waals surface area (Å²) in [4.78, 5) is 23.0. The second kappa shape index (κ2) is 10.7. The Hall–Kier alpha value is -0.970. The van der Waals surface area contributed by atoms with Gasteiger partial charge in [0.25, 0.3) is 0 Å². The van der Waals surface area contributed by atoms with Crippen LogP contribution in [0.25, 0.3) is 0 Å². The van der Waals surface area contributed by atoms with Crippen LogP contribution in [-0.2, 0) is 14.3 Å². The predicted octanol–water partition coefficient (Wildman–Crippen LogP) is 3.17. The average Bonchev–Trinajstić information content (AvgIpc) is 2.36. The van der Waals surface area contributed by atoms with Crippen molar-refractivity contribution in [2.45, 2.75) is 53.5 Å². The summed E-state index contributed by atoms with van der Waals surface area (Å²) in [6.07, 6.45) is 5.86. The molecule has 0 saturated heterocycles. The molecule has 0 aliphatic rings. The number of esters is 1. The number of carbonyl (C=O) groups is 2. The minimum absolute atomic E-state index is 0.210. The van der Waals surface area contributed by atoms with Crippen molar-refractivity contribution in [3.8, 4) is 0 Å². The molecule has 0 spiro atoms. The fourth-order valence-electron chi connectivity index (χ4n) is 1.53. The van der Waals surface area contributed by atoms with Gasteiger partial charge in [-0.05, 0) is 24.0 Å². The maximum absolute atomic E-state index is 11.9. The summed E-state index contributed by atoms with van der Waals surface area (Å²) in [6, 6.07) is -0.550. The zero-order valence-electron chi connectivity index (χ0n) is 13.9. The van der Waals surface area contributed by atoms with Crippen LogP contribution in [0.4, 0.5) is 0 Å². The van der Waals surface area contributed by atoms with E-state index in [1.165, 1.54) is 6.92 Å². The van der Waals surface area contributed by atoms with Gasteiger partial charge in [-0.2, -0.15) is 11.8 Å². The molecule has 0 radical (unpaired) electrons. The van der Waals surface area contributed by atoms with E-state index >= 15 is 0 Å². The fraction of sp³-hybridized carbons (Fsp3) is 0.750. The number of thioether (sulfide) groups is 1. The Balaban J connectivity index is 4.04. The lowest BCUT2D eigenvalue weighted by molar-refractivity contribution is -0.146. The Morgan fingerprint density at radius 2 is 1.95 bits per heavy atom. The fourth-order valence-corrected chi connectivity index (χ4v) is 2.22. The SMILES string of the molecule is CCSC[C@@H](NC(C)=O)C(=O)OCC/C=C\CC(C)(C)C. The highest BCUT2D eigenvalue weighted by atomic mass is 32.2. The quantitative estimate of drug-likeness (QED) is 0.403. The Bertz CT molecular complexity index is 348. The van der Waals surface area contributed by atoms with Crippen molar-refractivity contribution >= 4 is 23.6 Å². The van der Waals surface area contributed by atoms with Gasteiger partial charge in [-0.25, -0.2) is 4.79 Å². The molecule has 122 valence electrons. The molecule has 0 aromatic heterocycles. The summed E-state index contributed by atoms with van der Waals surface area (Å²) in [5.74, 6) is 0.891. The minimum atomic E-state index is -0.550. The first kappa shape index (κ1) is 20.0. The van der Waals surface area contributed by atoms with Crippen LogP contribution < -0.4 is 5.32 Å². The molecule has 1 N–H and O–H groups in total. The summed E-state index contributed by atoms with van der Waals surface area (Å²) in [5.41, 5.74) is 0.279. The highest BCUT2D eigenvalue weighted by Crippen LogP contribution is 2.18. The molecular formula is C16H29NO3S. The van der Waals surface area contributed by atoms with Crippen LogP contribution >= 0.6 is 11.8 Å². The Labute approximate surface area is 133 Å². The highest BCUT2D eigenvalue weighted by molar-refractivity contribution is 7.99. The molecule has 1 amide bonds. The molecule has 0 aliphatic carbocycles. The van der Waals surface area contributed by atoms with Crippen molar-refractivity contribution in [2.75, 3.05) is 18.1 Å². The highest BCUT2D eigenvalue weighted by Gasteiger charge is 2.20. The Kier molecular flexibility index (Phi) is 10.2. The number of allylic oxidation sites excluding steroid dienone is 1. The number of ether oxygens (including phenoxy) is 1. The Morgan fingerprint density at radius 3 is 2.48 bits per heavy atom. The number of rotatable bonds is 9. The largest absolute Gasteiger partial charge is 0.464 e. The van der Waals surface area contributed by atoms with Gasteiger partial charge in [0.15, 0.2) is 0 Å². The Morgan fingerprint density at radius 1 is 1.29 bits per heavy atom. The van der Waals surface area contributed by atoms with Gasteiger partial charge in [0, 0.05) is 12.7 Å². The second-order valence-electron chi connectivity index (χ2n) is 6.10. The first-order chi connectivity index (χ1) is 9.76. The van der Waals surface area contributed by atoms with Gasteiger partial charge >= 0.3 is 5.97 Å². The van der Waals surface area contributed by atoms with Gasteiger partial charge in [0.1, 0.15) is 6.04 Å². The van der Waals surface area contributed by atoms with Crippen LogP contribution in [0.15, 0.2) is 12.2 Å². The maximum Gasteiger partial charge on any atom is 0.329 e. The van der Waals surface area contributed by atoms with Crippen molar-refractivity contribution in [1.82, 2.24) is 5.32 Å². The monoisotopic (exact) mass is 315 g/mol. The summed E-state index contributed by atoms with van der Waals surface area (Å²) in [7, 11) is 0. The van der Waals surface area contributed by atoms with Crippen LogP contribution in [0.1, 0.15) is 47.5 Å². The third kappa shape index (κ3) is 12.5. The number of nitrogens with one attached hydrogen (secondary N) is 1. The summed E-state index contributed by atoms with van der Waals surface area (Å²) in [6.45, 7) is 10.3. The third-order valence-corrected chi connectivity index (χ3v) is 3.55. The van der Waals surface area contributed by atoms with Crippen molar-refractivity contribution in [3.63, 3.8) is 0 Å². The first-order valence-corrected chi connectivity index (χ1v) is 8.58. The van der Waals surface area contributed by atoms with Gasteiger partial charge in [0.2, 0.25) is 5.91 Å². The molecule has 1 atom stereocenters. The molecule has 0 aliphatic heterocycles. The summed E-state index contributed by atoms with van der Waals surface area (Å²) < 4.78 is 5.22. The van der Waals surface area contributed by atoms with E-state index in [9.17, 15) is 9.59 Å². The van der Waals surface area contributed by atoms with Crippen molar-refractivity contribution in [2.24, 2.45) is 5.41 Å². The van der Waals surface area contributed by atoms with E-state index in [1.54, 1.807) is 11.8 Å². The molecule has 0 unspecified atom stereocenters. The van der Waals surface area contributed by atoms with Crippen LogP contribution in [-0.4, -0.2) is 36.0 Å². The molecule has 21 heavy (non-hydrogen) atoms. The molecule has 0 saturated carbocycles. The zero-order chi connectivity index (χ0) is 16.3. The number of carbonyl (C=O) groups excluding carboxylic acids is 2. The first-order valence-electron chi connectivity index (χ1n) is 7.42.